The third-order valence-electron chi connectivity index (χ3n) is 7.72. The zero-order valence-corrected chi connectivity index (χ0v) is 25.0. The van der Waals surface area contributed by atoms with Gasteiger partial charge in [-0.1, -0.05) is 98.3 Å². The zero-order chi connectivity index (χ0) is 29.6. The van der Waals surface area contributed by atoms with Crippen LogP contribution in [-0.2, 0) is 4.74 Å². The lowest BCUT2D eigenvalue weighted by Gasteiger charge is -2.31. The second-order valence-electron chi connectivity index (χ2n) is 10.8. The van der Waals surface area contributed by atoms with Crippen molar-refractivity contribution in [1.82, 2.24) is 10.2 Å². The van der Waals surface area contributed by atoms with E-state index in [-0.39, 0.29) is 34.4 Å². The van der Waals surface area contributed by atoms with Gasteiger partial charge in [0.25, 0.3) is 5.91 Å². The van der Waals surface area contributed by atoms with Crippen molar-refractivity contribution < 1.29 is 19.4 Å². The van der Waals surface area contributed by atoms with Crippen molar-refractivity contribution in [1.29, 1.82) is 0 Å². The number of aromatic hydroxyl groups is 1. The van der Waals surface area contributed by atoms with Crippen LogP contribution in [0.25, 0.3) is 11.1 Å². The minimum absolute atomic E-state index is 0.0499. The number of para-hydroxylation sites is 2. The highest BCUT2D eigenvalue weighted by atomic mass is 35.5. The normalized spacial score (nSPS) is 13.9. The van der Waals surface area contributed by atoms with Crippen molar-refractivity contribution in [3.05, 3.63) is 83.4 Å². The number of nitrogens with zero attached hydrogens (tertiary/aromatic N) is 1. The number of piperidine rings is 1. The Bertz CT molecular complexity index is 1280. The van der Waals surface area contributed by atoms with Crippen LogP contribution in [0.1, 0.15) is 68.1 Å². The molecule has 0 unspecified atom stereocenters. The number of benzene rings is 3. The largest absolute Gasteiger partial charge is 0.506 e. The molecule has 1 aliphatic rings. The molecular weight excluding hydrogens is 550 g/mol. The standard InChI is InChI=1S/C34H42ClN3O4/c35-30-18-13-17-29(32(30)39)33(40)36-22-11-4-2-1-3-5-12-23-38-24-20-27(21-25-38)42-34(41)37-31-19-10-9-16-28(31)26-14-7-6-8-15-26/h6-10,13-19,27,39H,1-5,11-12,20-25H2,(H,36,40)(H,37,41). The monoisotopic (exact) mass is 591 g/mol. The van der Waals surface area contributed by atoms with E-state index in [0.717, 1.165) is 68.6 Å². The van der Waals surface area contributed by atoms with Gasteiger partial charge in [0, 0.05) is 25.2 Å². The topological polar surface area (TPSA) is 90.9 Å². The van der Waals surface area contributed by atoms with E-state index in [1.54, 1.807) is 18.2 Å². The fourth-order valence-electron chi connectivity index (χ4n) is 5.34. The number of anilines is 1. The maximum Gasteiger partial charge on any atom is 0.411 e. The van der Waals surface area contributed by atoms with E-state index in [1.165, 1.54) is 25.7 Å². The Hall–Kier alpha value is -3.55. The molecule has 3 aromatic carbocycles. The molecule has 0 aromatic heterocycles. The first-order valence-electron chi connectivity index (χ1n) is 15.1. The van der Waals surface area contributed by atoms with Gasteiger partial charge in [-0.2, -0.15) is 0 Å². The molecule has 3 aromatic rings. The van der Waals surface area contributed by atoms with E-state index in [0.29, 0.717) is 6.54 Å². The third-order valence-corrected chi connectivity index (χ3v) is 8.03. The van der Waals surface area contributed by atoms with E-state index in [1.807, 2.05) is 54.6 Å². The van der Waals surface area contributed by atoms with Crippen LogP contribution >= 0.6 is 11.6 Å². The van der Waals surface area contributed by atoms with E-state index >= 15 is 0 Å². The highest BCUT2D eigenvalue weighted by molar-refractivity contribution is 6.32. The maximum atomic E-state index is 12.6. The van der Waals surface area contributed by atoms with Crippen molar-refractivity contribution in [2.24, 2.45) is 0 Å². The summed E-state index contributed by atoms with van der Waals surface area (Å²) in [6.07, 6.45) is 9.23. The number of phenolic OH excluding ortho intramolecular Hbond substituents is 1. The fraction of sp³-hybridized carbons (Fsp3) is 0.412. The summed E-state index contributed by atoms with van der Waals surface area (Å²) in [5, 5.41) is 15.9. The molecule has 1 aliphatic heterocycles. The van der Waals surface area contributed by atoms with Gasteiger partial charge in [-0.05, 0) is 56.0 Å². The van der Waals surface area contributed by atoms with Crippen LogP contribution in [0.5, 0.6) is 5.75 Å². The highest BCUT2D eigenvalue weighted by Crippen LogP contribution is 2.28. The van der Waals surface area contributed by atoms with Crippen molar-refractivity contribution in [2.75, 3.05) is 31.5 Å². The highest BCUT2D eigenvalue weighted by Gasteiger charge is 2.22. The number of unbranched alkanes of at least 4 members (excludes halogenated alkanes) is 6. The van der Waals surface area contributed by atoms with Crippen molar-refractivity contribution in [3.8, 4) is 16.9 Å². The molecule has 0 saturated carbocycles. The molecule has 0 radical (unpaired) electrons. The van der Waals surface area contributed by atoms with Gasteiger partial charge in [0.2, 0.25) is 0 Å². The smallest absolute Gasteiger partial charge is 0.411 e. The van der Waals surface area contributed by atoms with Crippen LogP contribution in [0.15, 0.2) is 72.8 Å². The van der Waals surface area contributed by atoms with E-state index in [9.17, 15) is 14.7 Å². The quantitative estimate of drug-likeness (QED) is 0.166. The number of likely N-dealkylation sites (tertiary alicyclic amines) is 1. The Morgan fingerprint density at radius 2 is 1.50 bits per heavy atom. The van der Waals surface area contributed by atoms with Crippen molar-refractivity contribution >= 4 is 29.3 Å². The lowest BCUT2D eigenvalue weighted by molar-refractivity contribution is 0.0584. The molecule has 3 N–H and O–H groups in total. The SMILES string of the molecule is O=C(Nc1ccccc1-c1ccccc1)OC1CCN(CCCCCCCCCNC(=O)c2cccc(Cl)c2O)CC1. The fourth-order valence-corrected chi connectivity index (χ4v) is 5.52. The van der Waals surface area contributed by atoms with Gasteiger partial charge in [-0.15, -0.1) is 0 Å². The molecule has 0 bridgehead atoms. The van der Waals surface area contributed by atoms with Crippen LogP contribution in [0.2, 0.25) is 5.02 Å². The molecule has 0 spiro atoms. The molecule has 42 heavy (non-hydrogen) atoms. The Morgan fingerprint density at radius 3 is 2.26 bits per heavy atom. The molecule has 224 valence electrons. The molecule has 1 saturated heterocycles. The Kier molecular flexibility index (Phi) is 12.5. The summed E-state index contributed by atoms with van der Waals surface area (Å²) in [7, 11) is 0. The van der Waals surface area contributed by atoms with Crippen LogP contribution in [-0.4, -0.2) is 54.3 Å². The summed E-state index contributed by atoms with van der Waals surface area (Å²) in [6, 6.07) is 22.6. The zero-order valence-electron chi connectivity index (χ0n) is 24.2. The van der Waals surface area contributed by atoms with E-state index in [2.05, 4.69) is 15.5 Å². The van der Waals surface area contributed by atoms with Gasteiger partial charge in [0.15, 0.2) is 0 Å². The number of halogens is 1. The van der Waals surface area contributed by atoms with Crippen molar-refractivity contribution in [2.45, 2.75) is 63.9 Å². The second kappa shape index (κ2) is 16.8. The molecule has 4 rings (SSSR count). The van der Waals surface area contributed by atoms with Crippen molar-refractivity contribution in [3.63, 3.8) is 0 Å². The lowest BCUT2D eigenvalue weighted by Crippen LogP contribution is -2.38. The summed E-state index contributed by atoms with van der Waals surface area (Å²) >= 11 is 5.87. The maximum absolute atomic E-state index is 12.6. The lowest BCUT2D eigenvalue weighted by atomic mass is 10.0. The number of phenols is 1. The predicted octanol–water partition coefficient (Wildman–Crippen LogP) is 7.89. The van der Waals surface area contributed by atoms with Crippen LogP contribution in [0.3, 0.4) is 0 Å². The number of carbonyl (C=O) groups is 2. The third kappa shape index (κ3) is 9.78. The van der Waals surface area contributed by atoms with Crippen LogP contribution < -0.4 is 10.6 Å². The molecule has 1 fully saturated rings. The minimum atomic E-state index is -0.389. The number of rotatable bonds is 14. The summed E-state index contributed by atoms with van der Waals surface area (Å²) in [5.74, 6) is -0.461. The van der Waals surface area contributed by atoms with Gasteiger partial charge in [0.1, 0.15) is 11.9 Å². The van der Waals surface area contributed by atoms with Gasteiger partial charge in [-0.3, -0.25) is 10.1 Å². The summed E-state index contributed by atoms with van der Waals surface area (Å²) in [4.78, 5) is 27.3. The molecule has 0 aliphatic carbocycles. The van der Waals surface area contributed by atoms with Gasteiger partial charge < -0.3 is 20.1 Å². The minimum Gasteiger partial charge on any atom is -0.506 e. The average Bonchev–Trinajstić information content (AvgIpc) is 3.01. The van der Waals surface area contributed by atoms with Crippen LogP contribution in [0, 0.1) is 0 Å². The number of carbonyl (C=O) groups excluding carboxylic acids is 2. The summed E-state index contributed by atoms with van der Waals surface area (Å²) < 4.78 is 5.76. The molecule has 2 amide bonds. The Labute approximate surface area is 254 Å². The van der Waals surface area contributed by atoms with Gasteiger partial charge in [0.05, 0.1) is 16.3 Å². The summed E-state index contributed by atoms with van der Waals surface area (Å²) in [5.41, 5.74) is 3.00. The second-order valence-corrected chi connectivity index (χ2v) is 11.3. The first-order valence-corrected chi connectivity index (χ1v) is 15.5. The van der Waals surface area contributed by atoms with E-state index in [4.69, 9.17) is 16.3 Å². The molecular formula is C34H42ClN3O4. The first kappa shape index (κ1) is 31.4. The van der Waals surface area contributed by atoms with Crippen LogP contribution in [0.4, 0.5) is 10.5 Å². The van der Waals surface area contributed by atoms with E-state index < -0.39 is 0 Å². The average molecular weight is 592 g/mol. The summed E-state index contributed by atoms with van der Waals surface area (Å²) in [6.45, 7) is 3.59. The Morgan fingerprint density at radius 1 is 0.833 bits per heavy atom. The molecule has 0 atom stereocenters. The molecule has 8 heteroatoms. The number of amides is 2. The number of hydrogen-bond donors (Lipinski definition) is 3. The number of hydrogen-bond acceptors (Lipinski definition) is 5. The first-order chi connectivity index (χ1) is 20.5. The van der Waals surface area contributed by atoms with Gasteiger partial charge in [-0.25, -0.2) is 4.79 Å². The van der Waals surface area contributed by atoms with Gasteiger partial charge >= 0.3 is 6.09 Å². The predicted molar refractivity (Wildman–Crippen MR) is 169 cm³/mol. The Balaban J connectivity index is 1.01. The molecule has 7 nitrogen and oxygen atoms in total. The number of nitrogens with one attached hydrogen (secondary N) is 2. The molecule has 1 heterocycles. The number of ether oxygens (including phenoxy) is 1.